The van der Waals surface area contributed by atoms with E-state index in [9.17, 15) is 13.2 Å². The molecule has 0 amide bonds. The second-order valence-electron chi connectivity index (χ2n) is 3.86. The van der Waals surface area contributed by atoms with Crippen LogP contribution in [0.4, 0.5) is 0 Å². The van der Waals surface area contributed by atoms with E-state index < -0.39 is 21.6 Å². The van der Waals surface area contributed by atoms with Crippen LogP contribution in [0.2, 0.25) is 0 Å². The Hall–Kier alpha value is -1.40. The van der Waals surface area contributed by atoms with Crippen molar-refractivity contribution in [3.8, 4) is 0 Å². The Labute approximate surface area is 107 Å². The molecule has 2 N–H and O–H groups in total. The van der Waals surface area contributed by atoms with Gasteiger partial charge in [0.25, 0.3) is 0 Å². The number of nitrogens with two attached hydrogens (primary N) is 1. The lowest BCUT2D eigenvalue weighted by Gasteiger charge is -2.05. The molecular weight excluding hydrogens is 254 g/mol. The van der Waals surface area contributed by atoms with Crippen molar-refractivity contribution < 1.29 is 17.9 Å². The van der Waals surface area contributed by atoms with Gasteiger partial charge in [-0.3, -0.25) is 4.79 Å². The van der Waals surface area contributed by atoms with Crippen LogP contribution in [0, 0.1) is 0 Å². The van der Waals surface area contributed by atoms with Gasteiger partial charge in [0.1, 0.15) is 5.75 Å². The fourth-order valence-electron chi connectivity index (χ4n) is 1.46. The summed E-state index contributed by atoms with van der Waals surface area (Å²) in [5.41, 5.74) is 7.01. The molecular formula is C12H17NO4S. The van der Waals surface area contributed by atoms with E-state index in [0.29, 0.717) is 12.1 Å². The molecule has 1 rings (SSSR count). The fourth-order valence-corrected chi connectivity index (χ4v) is 2.70. The number of sulfone groups is 1. The number of benzene rings is 1. The highest BCUT2D eigenvalue weighted by atomic mass is 32.2. The van der Waals surface area contributed by atoms with Gasteiger partial charge in [0.05, 0.1) is 12.4 Å². The van der Waals surface area contributed by atoms with Gasteiger partial charge in [-0.15, -0.1) is 0 Å². The van der Waals surface area contributed by atoms with Crippen molar-refractivity contribution in [2.45, 2.75) is 19.2 Å². The highest BCUT2D eigenvalue weighted by Gasteiger charge is 2.18. The van der Waals surface area contributed by atoms with Crippen molar-refractivity contribution in [3.63, 3.8) is 0 Å². The molecule has 1 aromatic carbocycles. The first-order valence-corrected chi connectivity index (χ1v) is 7.43. The SMILES string of the molecule is CCOC(=O)CS(=O)(=O)Cc1ccc(CN)cc1. The predicted molar refractivity (Wildman–Crippen MR) is 68.5 cm³/mol. The maximum atomic E-state index is 11.7. The summed E-state index contributed by atoms with van der Waals surface area (Å²) < 4.78 is 28.0. The average molecular weight is 271 g/mol. The second kappa shape index (κ2) is 6.51. The third-order valence-electron chi connectivity index (χ3n) is 2.29. The Kier molecular flexibility index (Phi) is 5.30. The molecule has 0 aromatic heterocycles. The minimum absolute atomic E-state index is 0.170. The Balaban J connectivity index is 2.67. The molecule has 0 atom stereocenters. The molecule has 0 heterocycles. The van der Waals surface area contributed by atoms with Gasteiger partial charge in [0.2, 0.25) is 0 Å². The van der Waals surface area contributed by atoms with Crippen LogP contribution in [0.5, 0.6) is 0 Å². The van der Waals surface area contributed by atoms with Crippen LogP contribution in [0.1, 0.15) is 18.1 Å². The summed E-state index contributed by atoms with van der Waals surface area (Å²) in [6, 6.07) is 6.94. The molecule has 0 aliphatic carbocycles. The van der Waals surface area contributed by atoms with Crippen molar-refractivity contribution in [3.05, 3.63) is 35.4 Å². The van der Waals surface area contributed by atoms with Gasteiger partial charge in [-0.25, -0.2) is 8.42 Å². The number of hydrogen-bond donors (Lipinski definition) is 1. The van der Waals surface area contributed by atoms with Crippen molar-refractivity contribution in [2.24, 2.45) is 5.73 Å². The topological polar surface area (TPSA) is 86.5 Å². The molecule has 0 saturated heterocycles. The number of rotatable bonds is 6. The molecule has 100 valence electrons. The van der Waals surface area contributed by atoms with E-state index in [1.165, 1.54) is 0 Å². The van der Waals surface area contributed by atoms with Crippen LogP contribution in [-0.2, 0) is 31.7 Å². The second-order valence-corrected chi connectivity index (χ2v) is 5.92. The first-order valence-electron chi connectivity index (χ1n) is 5.60. The number of ether oxygens (including phenoxy) is 1. The molecule has 1 aromatic rings. The highest BCUT2D eigenvalue weighted by molar-refractivity contribution is 7.91. The predicted octanol–water partition coefficient (Wildman–Crippen LogP) is 0.623. The van der Waals surface area contributed by atoms with Crippen molar-refractivity contribution >= 4 is 15.8 Å². The van der Waals surface area contributed by atoms with E-state index in [1.54, 1.807) is 31.2 Å². The maximum absolute atomic E-state index is 11.7. The summed E-state index contributed by atoms with van der Waals surface area (Å²) in [4.78, 5) is 11.1. The summed E-state index contributed by atoms with van der Waals surface area (Å²) in [6.45, 7) is 2.23. The summed E-state index contributed by atoms with van der Waals surface area (Å²) in [6.07, 6.45) is 0. The van der Waals surface area contributed by atoms with Crippen LogP contribution < -0.4 is 5.73 Å². The number of hydrogen-bond acceptors (Lipinski definition) is 5. The van der Waals surface area contributed by atoms with E-state index >= 15 is 0 Å². The molecule has 0 spiro atoms. The monoisotopic (exact) mass is 271 g/mol. The zero-order valence-electron chi connectivity index (χ0n) is 10.3. The first kappa shape index (κ1) is 14.7. The van der Waals surface area contributed by atoms with Gasteiger partial charge in [-0.05, 0) is 18.1 Å². The van der Waals surface area contributed by atoms with Crippen molar-refractivity contribution in [2.75, 3.05) is 12.4 Å². The zero-order valence-corrected chi connectivity index (χ0v) is 11.1. The fraction of sp³-hybridized carbons (Fsp3) is 0.417. The molecule has 0 aliphatic heterocycles. The normalized spacial score (nSPS) is 11.2. The van der Waals surface area contributed by atoms with Gasteiger partial charge in [-0.1, -0.05) is 24.3 Å². The molecule has 0 fully saturated rings. The summed E-state index contributed by atoms with van der Waals surface area (Å²) >= 11 is 0. The van der Waals surface area contributed by atoms with Crippen LogP contribution >= 0.6 is 0 Å². The van der Waals surface area contributed by atoms with Gasteiger partial charge in [0, 0.05) is 6.54 Å². The highest BCUT2D eigenvalue weighted by Crippen LogP contribution is 2.09. The van der Waals surface area contributed by atoms with E-state index in [1.807, 2.05) is 0 Å². The van der Waals surface area contributed by atoms with Gasteiger partial charge >= 0.3 is 5.97 Å². The number of carbonyl (C=O) groups is 1. The molecule has 0 bridgehead atoms. The number of carbonyl (C=O) groups excluding carboxylic acids is 1. The summed E-state index contributed by atoms with van der Waals surface area (Å²) in [5.74, 6) is -1.47. The van der Waals surface area contributed by atoms with E-state index in [4.69, 9.17) is 5.73 Å². The maximum Gasteiger partial charge on any atom is 0.321 e. The third-order valence-corrected chi connectivity index (χ3v) is 3.74. The van der Waals surface area contributed by atoms with Crippen LogP contribution in [0.25, 0.3) is 0 Å². The van der Waals surface area contributed by atoms with Crippen molar-refractivity contribution in [1.29, 1.82) is 0 Å². The van der Waals surface area contributed by atoms with Crippen LogP contribution in [0.15, 0.2) is 24.3 Å². The quantitative estimate of drug-likeness (QED) is 0.767. The molecule has 5 nitrogen and oxygen atoms in total. The lowest BCUT2D eigenvalue weighted by atomic mass is 10.1. The lowest BCUT2D eigenvalue weighted by molar-refractivity contribution is -0.139. The van der Waals surface area contributed by atoms with Gasteiger partial charge in [-0.2, -0.15) is 0 Å². The van der Waals surface area contributed by atoms with E-state index in [2.05, 4.69) is 4.74 Å². The van der Waals surface area contributed by atoms with Crippen molar-refractivity contribution in [1.82, 2.24) is 0 Å². The van der Waals surface area contributed by atoms with Gasteiger partial charge in [0.15, 0.2) is 9.84 Å². The molecule has 0 aliphatic rings. The number of esters is 1. The smallest absolute Gasteiger partial charge is 0.321 e. The third kappa shape index (κ3) is 4.85. The zero-order chi connectivity index (χ0) is 13.6. The van der Waals surface area contributed by atoms with E-state index in [0.717, 1.165) is 5.56 Å². The molecule has 0 unspecified atom stereocenters. The molecule has 6 heteroatoms. The summed E-state index contributed by atoms with van der Waals surface area (Å²) in [7, 11) is -3.48. The van der Waals surface area contributed by atoms with Crippen LogP contribution in [0.3, 0.4) is 0 Å². The Morgan fingerprint density at radius 2 is 1.78 bits per heavy atom. The summed E-state index contributed by atoms with van der Waals surface area (Å²) in [5, 5.41) is 0. The lowest BCUT2D eigenvalue weighted by Crippen LogP contribution is -2.20. The Bertz CT molecular complexity index is 493. The Morgan fingerprint density at radius 1 is 1.22 bits per heavy atom. The molecule has 0 saturated carbocycles. The van der Waals surface area contributed by atoms with Crippen LogP contribution in [-0.4, -0.2) is 26.7 Å². The standard InChI is InChI=1S/C12H17NO4S/c1-2-17-12(14)9-18(15,16)8-11-5-3-10(7-13)4-6-11/h3-6H,2,7-9,13H2,1H3. The minimum atomic E-state index is -3.48. The average Bonchev–Trinajstić information content (AvgIpc) is 2.29. The van der Waals surface area contributed by atoms with E-state index in [-0.39, 0.29) is 12.4 Å². The first-order chi connectivity index (χ1) is 8.46. The Morgan fingerprint density at radius 3 is 2.28 bits per heavy atom. The molecule has 18 heavy (non-hydrogen) atoms. The van der Waals surface area contributed by atoms with Gasteiger partial charge < -0.3 is 10.5 Å². The minimum Gasteiger partial charge on any atom is -0.465 e. The molecule has 0 radical (unpaired) electrons. The largest absolute Gasteiger partial charge is 0.465 e.